The molecule has 8 heteroatoms. The number of hydrogen-bond acceptors (Lipinski definition) is 6. The highest BCUT2D eigenvalue weighted by Gasteiger charge is 2.14. The summed E-state index contributed by atoms with van der Waals surface area (Å²) in [4.78, 5) is 34.2. The quantitative estimate of drug-likeness (QED) is 0.0509. The maximum absolute atomic E-state index is 12.8. The summed E-state index contributed by atoms with van der Waals surface area (Å²) >= 11 is 6.38. The van der Waals surface area contributed by atoms with Crippen LogP contribution in [0, 0.1) is 13.8 Å². The Hall–Kier alpha value is -3.32. The highest BCUT2D eigenvalue weighted by atomic mass is 32.2. The molecule has 2 heterocycles. The minimum Gasteiger partial charge on any atom is -0.324 e. The minimum atomic E-state index is 0.131. The van der Waals surface area contributed by atoms with E-state index >= 15 is 0 Å². The van der Waals surface area contributed by atoms with E-state index in [-0.39, 0.29) is 10.9 Å². The Labute approximate surface area is 296 Å². The van der Waals surface area contributed by atoms with Crippen LogP contribution in [0.15, 0.2) is 68.1 Å². The number of thioether (sulfide) groups is 1. The van der Waals surface area contributed by atoms with E-state index in [1.165, 1.54) is 51.4 Å². The van der Waals surface area contributed by atoms with Gasteiger partial charge in [-0.1, -0.05) is 89.5 Å². The number of nitrogens with zero attached hydrogens (tertiary/aromatic N) is 4. The van der Waals surface area contributed by atoms with Crippen LogP contribution in [0.5, 0.6) is 0 Å². The van der Waals surface area contributed by atoms with Gasteiger partial charge >= 0.3 is 0 Å². The molecular formula is C40H54N4O2S2. The molecule has 2 aromatic carbocycles. The van der Waals surface area contributed by atoms with Crippen LogP contribution in [0.25, 0.3) is 21.8 Å². The molecule has 0 aliphatic heterocycles. The number of thiocarbonyl (C=S) groups is 1. The average Bonchev–Trinajstić information content (AvgIpc) is 3.11. The highest BCUT2D eigenvalue weighted by Crippen LogP contribution is 2.21. The fourth-order valence-electron chi connectivity index (χ4n) is 6.26. The summed E-state index contributed by atoms with van der Waals surface area (Å²) in [6, 6.07) is 15.6. The molecule has 0 N–H and O–H groups in total. The van der Waals surface area contributed by atoms with Crippen molar-refractivity contribution in [1.82, 2.24) is 9.13 Å². The molecular weight excluding hydrogens is 633 g/mol. The second-order valence-electron chi connectivity index (χ2n) is 12.4. The van der Waals surface area contributed by atoms with E-state index in [2.05, 4.69) is 33.1 Å². The van der Waals surface area contributed by atoms with E-state index in [0.717, 1.165) is 75.0 Å². The van der Waals surface area contributed by atoms with Crippen molar-refractivity contribution in [2.75, 3.05) is 6.26 Å². The van der Waals surface area contributed by atoms with Gasteiger partial charge in [0.15, 0.2) is 10.9 Å². The molecule has 0 saturated heterocycles. The lowest BCUT2D eigenvalue weighted by Crippen LogP contribution is -2.19. The molecule has 0 radical (unpaired) electrons. The smallest absolute Gasteiger partial charge is 0.192 e. The first-order valence-corrected chi connectivity index (χ1v) is 19.2. The Bertz CT molecular complexity index is 1830. The molecule has 0 amide bonds. The number of benzene rings is 2. The summed E-state index contributed by atoms with van der Waals surface area (Å²) < 4.78 is 4.36. The van der Waals surface area contributed by atoms with Crippen LogP contribution < -0.4 is 10.9 Å². The van der Waals surface area contributed by atoms with E-state index in [1.54, 1.807) is 11.8 Å². The number of para-hydroxylation sites is 2. The molecule has 48 heavy (non-hydrogen) atoms. The fourth-order valence-corrected chi connectivity index (χ4v) is 6.50. The monoisotopic (exact) mass is 686 g/mol. The normalized spacial score (nSPS) is 11.4. The first-order chi connectivity index (χ1) is 23.3. The zero-order chi connectivity index (χ0) is 34.9. The number of fused-ring (bicyclic) bond motifs is 2. The molecule has 4 aromatic rings. The molecule has 6 nitrogen and oxygen atoms in total. The van der Waals surface area contributed by atoms with Crippen molar-refractivity contribution in [2.24, 2.45) is 9.98 Å². The lowest BCUT2D eigenvalue weighted by atomic mass is 10.0. The van der Waals surface area contributed by atoms with Crippen LogP contribution in [0.1, 0.15) is 107 Å². The summed E-state index contributed by atoms with van der Waals surface area (Å²) in [6.07, 6.45) is 16.1. The van der Waals surface area contributed by atoms with E-state index in [9.17, 15) is 9.59 Å². The third-order valence-electron chi connectivity index (χ3n) is 9.12. The van der Waals surface area contributed by atoms with Gasteiger partial charge in [0.2, 0.25) is 0 Å². The summed E-state index contributed by atoms with van der Waals surface area (Å²) in [6.45, 7) is 11.4. The molecule has 0 atom stereocenters. The Morgan fingerprint density at radius 3 is 1.58 bits per heavy atom. The number of isothiocyanates is 1. The van der Waals surface area contributed by atoms with Gasteiger partial charge in [-0.05, 0) is 89.2 Å². The molecule has 0 spiro atoms. The van der Waals surface area contributed by atoms with Gasteiger partial charge in [0.05, 0.1) is 21.2 Å². The van der Waals surface area contributed by atoms with Gasteiger partial charge in [0.1, 0.15) is 13.3 Å². The lowest BCUT2D eigenvalue weighted by Gasteiger charge is -2.18. The van der Waals surface area contributed by atoms with Gasteiger partial charge in [-0.2, -0.15) is 0 Å². The number of aliphatic imine (C=N–C) groups is 2. The maximum atomic E-state index is 12.8. The largest absolute Gasteiger partial charge is 0.324 e. The summed E-state index contributed by atoms with van der Waals surface area (Å²) in [5, 5.41) is 5.05. The Balaban J connectivity index is 0.000000261. The van der Waals surface area contributed by atoms with Crippen LogP contribution in [-0.4, -0.2) is 25.6 Å². The standard InChI is InChI=1S/C21H30N2OS.C19H24N2OS/c1-5-6-7-8-9-13-19-16(2)21(24)18-12-10-11-14-20(18)23(19)15-22-17(3)25-4;1-3-4-5-6-7-11-17-15(2)19(22)16-10-8-9-12-18(16)21(17)13-20-14-23/h10-12,14H,5-9,13,15H2,1-4H3;8-10,12H,3-7,11,13H2,1-2H3. The Morgan fingerprint density at radius 2 is 1.15 bits per heavy atom. The molecule has 0 unspecified atom stereocenters. The lowest BCUT2D eigenvalue weighted by molar-refractivity contribution is 0.607. The van der Waals surface area contributed by atoms with Crippen LogP contribution in [0.3, 0.4) is 0 Å². The SMILES string of the molecule is CCCCCCCc1c(C)c(=O)c2ccccc2n1CN=C(C)SC.CCCCCCCc1c(C)c(=O)c2ccccc2n1CN=C=S. The molecule has 0 aliphatic carbocycles. The Kier molecular flexibility index (Phi) is 17.0. The van der Waals surface area contributed by atoms with Crippen molar-refractivity contribution in [3.63, 3.8) is 0 Å². The van der Waals surface area contributed by atoms with Gasteiger partial charge < -0.3 is 9.13 Å². The van der Waals surface area contributed by atoms with E-state index in [0.29, 0.717) is 13.3 Å². The summed E-state index contributed by atoms with van der Waals surface area (Å²) in [5.74, 6) is 0. The number of hydrogen-bond donors (Lipinski definition) is 0. The van der Waals surface area contributed by atoms with E-state index in [1.807, 2.05) is 75.6 Å². The minimum absolute atomic E-state index is 0.131. The average molecular weight is 687 g/mol. The summed E-state index contributed by atoms with van der Waals surface area (Å²) in [5.41, 5.74) is 6.18. The van der Waals surface area contributed by atoms with Gasteiger partial charge in [-0.3, -0.25) is 14.6 Å². The Morgan fingerprint density at radius 1 is 0.708 bits per heavy atom. The number of pyridine rings is 2. The van der Waals surface area contributed by atoms with Crippen LogP contribution in [0.4, 0.5) is 0 Å². The van der Waals surface area contributed by atoms with Crippen molar-refractivity contribution in [3.8, 4) is 0 Å². The maximum Gasteiger partial charge on any atom is 0.192 e. The molecule has 0 aliphatic rings. The van der Waals surface area contributed by atoms with E-state index in [4.69, 9.17) is 17.2 Å². The van der Waals surface area contributed by atoms with Crippen LogP contribution >= 0.6 is 24.0 Å². The zero-order valence-electron chi connectivity index (χ0n) is 29.9. The number of rotatable bonds is 16. The summed E-state index contributed by atoms with van der Waals surface area (Å²) in [7, 11) is 0. The second kappa shape index (κ2) is 20.9. The first-order valence-electron chi connectivity index (χ1n) is 17.6. The molecule has 258 valence electrons. The van der Waals surface area contributed by atoms with Crippen molar-refractivity contribution in [1.29, 1.82) is 0 Å². The molecule has 0 saturated carbocycles. The molecule has 0 bridgehead atoms. The van der Waals surface area contributed by atoms with Gasteiger partial charge in [-0.25, -0.2) is 4.99 Å². The van der Waals surface area contributed by atoms with Crippen LogP contribution in [0.2, 0.25) is 0 Å². The predicted molar refractivity (Wildman–Crippen MR) is 212 cm³/mol. The molecule has 0 fully saturated rings. The third-order valence-corrected chi connectivity index (χ3v) is 9.97. The third kappa shape index (κ3) is 10.6. The van der Waals surface area contributed by atoms with Crippen molar-refractivity contribution >= 4 is 56.0 Å². The second-order valence-corrected chi connectivity index (χ2v) is 13.6. The first kappa shape index (κ1) is 39.1. The van der Waals surface area contributed by atoms with Gasteiger partial charge in [0, 0.05) is 33.3 Å². The van der Waals surface area contributed by atoms with Crippen molar-refractivity contribution in [2.45, 2.75) is 125 Å². The van der Waals surface area contributed by atoms with Crippen molar-refractivity contribution < 1.29 is 0 Å². The molecule has 2 aromatic heterocycles. The van der Waals surface area contributed by atoms with Gasteiger partial charge in [0.25, 0.3) is 0 Å². The topological polar surface area (TPSA) is 68.7 Å². The molecule has 4 rings (SSSR count). The van der Waals surface area contributed by atoms with Gasteiger partial charge in [-0.15, -0.1) is 11.8 Å². The highest BCUT2D eigenvalue weighted by molar-refractivity contribution is 8.13. The number of aromatic nitrogens is 2. The predicted octanol–water partition coefficient (Wildman–Crippen LogP) is 10.4. The fraction of sp³-hybridized carbons (Fsp3) is 0.500. The van der Waals surface area contributed by atoms with Crippen LogP contribution in [-0.2, 0) is 26.2 Å². The zero-order valence-corrected chi connectivity index (χ0v) is 31.6. The number of unbranched alkanes of at least 4 members (excludes halogenated alkanes) is 8. The van der Waals surface area contributed by atoms with E-state index < -0.39 is 0 Å². The van der Waals surface area contributed by atoms with Crippen molar-refractivity contribution in [3.05, 3.63) is 91.5 Å².